The van der Waals surface area contributed by atoms with Gasteiger partial charge in [0.25, 0.3) is 0 Å². The first-order valence-corrected chi connectivity index (χ1v) is 9.27. The average molecular weight is 373 g/mol. The Morgan fingerprint density at radius 1 is 1.00 bits per heavy atom. The predicted octanol–water partition coefficient (Wildman–Crippen LogP) is 5.33. The number of carbonyl (C=O) groups excluding carboxylic acids is 1. The van der Waals surface area contributed by atoms with Gasteiger partial charge in [0.15, 0.2) is 0 Å². The van der Waals surface area contributed by atoms with Gasteiger partial charge in [-0.15, -0.1) is 0 Å². The van der Waals surface area contributed by atoms with Gasteiger partial charge in [-0.2, -0.15) is 0 Å². The number of anilines is 1. The molecule has 0 aliphatic heterocycles. The molecule has 4 nitrogen and oxygen atoms in total. The molecule has 2 aromatic carbocycles. The number of rotatable bonds is 6. The van der Waals surface area contributed by atoms with Gasteiger partial charge in [-0.05, 0) is 60.9 Å². The van der Waals surface area contributed by atoms with Crippen LogP contribution in [0.2, 0.25) is 0 Å². The second-order valence-corrected chi connectivity index (χ2v) is 6.65. The number of hydrogen-bond donors (Lipinski definition) is 2. The number of aromatic nitrogens is 2. The summed E-state index contributed by atoms with van der Waals surface area (Å²) in [4.78, 5) is 20.2. The molecule has 0 fully saturated rings. The molecule has 0 radical (unpaired) electrons. The van der Waals surface area contributed by atoms with Crippen LogP contribution < -0.4 is 5.32 Å². The first kappa shape index (κ1) is 17.9. The van der Waals surface area contributed by atoms with Crippen molar-refractivity contribution in [1.29, 1.82) is 0 Å². The second-order valence-electron chi connectivity index (χ2n) is 6.65. The van der Waals surface area contributed by atoms with E-state index in [1.165, 1.54) is 17.7 Å². The number of fused-ring (bicyclic) bond motifs is 1. The summed E-state index contributed by atoms with van der Waals surface area (Å²) in [6.07, 6.45) is 3.63. The maximum absolute atomic E-state index is 13.0. The third kappa shape index (κ3) is 3.93. The molecule has 0 saturated carbocycles. The maximum Gasteiger partial charge on any atom is 0.224 e. The summed E-state index contributed by atoms with van der Waals surface area (Å²) in [7, 11) is 0. The number of aryl methyl sites for hydroxylation is 1. The number of benzene rings is 2. The molecular weight excluding hydrogens is 353 g/mol. The molecule has 0 unspecified atom stereocenters. The lowest BCUT2D eigenvalue weighted by Crippen LogP contribution is -2.11. The number of aromatic amines is 1. The van der Waals surface area contributed by atoms with Gasteiger partial charge in [0.05, 0.1) is 11.4 Å². The first-order chi connectivity index (χ1) is 13.7. The standard InChI is InChI=1S/C23H20FN3O/c24-16-11-13-17(14-12-16)26-22(28)10-5-7-19-18-6-1-2-8-20(18)27-23(19)21-9-3-4-15-25-21/h1-4,6,8-9,11-15,27H,5,7,10H2,(H,26,28). The lowest BCUT2D eigenvalue weighted by Gasteiger charge is -2.07. The smallest absolute Gasteiger partial charge is 0.224 e. The van der Waals surface area contributed by atoms with Gasteiger partial charge < -0.3 is 10.3 Å². The Hall–Kier alpha value is -3.47. The fourth-order valence-electron chi connectivity index (χ4n) is 3.37. The van der Waals surface area contributed by atoms with Crippen molar-refractivity contribution in [2.75, 3.05) is 5.32 Å². The van der Waals surface area contributed by atoms with Crippen molar-refractivity contribution in [2.45, 2.75) is 19.3 Å². The van der Waals surface area contributed by atoms with Gasteiger partial charge >= 0.3 is 0 Å². The summed E-state index contributed by atoms with van der Waals surface area (Å²) in [6, 6.07) is 19.8. The van der Waals surface area contributed by atoms with Crippen molar-refractivity contribution in [3.8, 4) is 11.4 Å². The zero-order valence-corrected chi connectivity index (χ0v) is 15.3. The van der Waals surface area contributed by atoms with Crippen LogP contribution in [0.5, 0.6) is 0 Å². The Morgan fingerprint density at radius 3 is 2.57 bits per heavy atom. The van der Waals surface area contributed by atoms with E-state index in [2.05, 4.69) is 21.4 Å². The van der Waals surface area contributed by atoms with E-state index in [1.807, 2.05) is 36.4 Å². The molecule has 0 saturated heterocycles. The normalized spacial score (nSPS) is 10.9. The topological polar surface area (TPSA) is 57.8 Å². The number of amides is 1. The molecular formula is C23H20FN3O. The number of para-hydroxylation sites is 1. The third-order valence-corrected chi connectivity index (χ3v) is 4.69. The summed E-state index contributed by atoms with van der Waals surface area (Å²) in [5.74, 6) is -0.398. The molecule has 2 aromatic heterocycles. The van der Waals surface area contributed by atoms with Crippen molar-refractivity contribution in [3.63, 3.8) is 0 Å². The lowest BCUT2D eigenvalue weighted by atomic mass is 10.0. The molecule has 1 amide bonds. The van der Waals surface area contributed by atoms with Gasteiger partial charge in [0.2, 0.25) is 5.91 Å². The van der Waals surface area contributed by atoms with Crippen molar-refractivity contribution in [2.24, 2.45) is 0 Å². The Kier molecular flexibility index (Phi) is 5.15. The Morgan fingerprint density at radius 2 is 1.79 bits per heavy atom. The number of nitrogens with zero attached hydrogens (tertiary/aromatic N) is 1. The fraction of sp³-hybridized carbons (Fsp3) is 0.130. The highest BCUT2D eigenvalue weighted by Crippen LogP contribution is 2.30. The second kappa shape index (κ2) is 8.05. The Balaban J connectivity index is 1.48. The summed E-state index contributed by atoms with van der Waals surface area (Å²) in [5, 5.41) is 3.96. The first-order valence-electron chi connectivity index (χ1n) is 9.27. The van der Waals surface area contributed by atoms with Crippen LogP contribution in [-0.2, 0) is 11.2 Å². The molecule has 0 aliphatic rings. The third-order valence-electron chi connectivity index (χ3n) is 4.69. The lowest BCUT2D eigenvalue weighted by molar-refractivity contribution is -0.116. The molecule has 4 aromatic rings. The van der Waals surface area contributed by atoms with Gasteiger partial charge in [-0.1, -0.05) is 24.3 Å². The number of nitrogens with one attached hydrogen (secondary N) is 2. The summed E-state index contributed by atoms with van der Waals surface area (Å²) >= 11 is 0. The van der Waals surface area contributed by atoms with E-state index < -0.39 is 0 Å². The van der Waals surface area contributed by atoms with Crippen LogP contribution in [0.3, 0.4) is 0 Å². The number of halogens is 1. The molecule has 5 heteroatoms. The fourth-order valence-corrected chi connectivity index (χ4v) is 3.37. The summed E-state index contributed by atoms with van der Waals surface area (Å²) < 4.78 is 13.0. The van der Waals surface area contributed by atoms with E-state index in [0.717, 1.165) is 28.7 Å². The zero-order valence-electron chi connectivity index (χ0n) is 15.3. The van der Waals surface area contributed by atoms with Gasteiger partial charge in [0.1, 0.15) is 5.82 Å². The van der Waals surface area contributed by atoms with Gasteiger partial charge in [0, 0.05) is 29.2 Å². The van der Waals surface area contributed by atoms with E-state index in [9.17, 15) is 9.18 Å². The monoisotopic (exact) mass is 373 g/mol. The van der Waals surface area contributed by atoms with Crippen LogP contribution in [-0.4, -0.2) is 15.9 Å². The zero-order chi connectivity index (χ0) is 19.3. The highest BCUT2D eigenvalue weighted by atomic mass is 19.1. The average Bonchev–Trinajstić information content (AvgIpc) is 3.09. The highest BCUT2D eigenvalue weighted by Gasteiger charge is 2.14. The van der Waals surface area contributed by atoms with Gasteiger partial charge in [-0.25, -0.2) is 4.39 Å². The van der Waals surface area contributed by atoms with E-state index in [-0.39, 0.29) is 11.7 Å². The van der Waals surface area contributed by atoms with Crippen LogP contribution in [0.25, 0.3) is 22.3 Å². The largest absolute Gasteiger partial charge is 0.353 e. The quantitative estimate of drug-likeness (QED) is 0.480. The molecule has 0 bridgehead atoms. The van der Waals surface area contributed by atoms with Gasteiger partial charge in [-0.3, -0.25) is 9.78 Å². The molecule has 0 spiro atoms. The summed E-state index contributed by atoms with van der Waals surface area (Å²) in [5.41, 5.74) is 4.73. The minimum absolute atomic E-state index is 0.0779. The Labute approximate surface area is 162 Å². The van der Waals surface area contributed by atoms with E-state index >= 15 is 0 Å². The van der Waals surface area contributed by atoms with Crippen molar-refractivity contribution in [1.82, 2.24) is 9.97 Å². The summed E-state index contributed by atoms with van der Waals surface area (Å²) in [6.45, 7) is 0. The van der Waals surface area contributed by atoms with Crippen LogP contribution in [0.1, 0.15) is 18.4 Å². The minimum atomic E-state index is -0.320. The van der Waals surface area contributed by atoms with Crippen molar-refractivity contribution < 1.29 is 9.18 Å². The number of H-pyrrole nitrogens is 1. The minimum Gasteiger partial charge on any atom is -0.353 e. The number of carbonyl (C=O) groups is 1. The Bertz CT molecular complexity index is 1090. The molecule has 0 atom stereocenters. The molecule has 140 valence electrons. The van der Waals surface area contributed by atoms with Crippen LogP contribution >= 0.6 is 0 Å². The molecule has 2 N–H and O–H groups in total. The van der Waals surface area contributed by atoms with E-state index in [1.54, 1.807) is 18.3 Å². The van der Waals surface area contributed by atoms with E-state index in [4.69, 9.17) is 0 Å². The van der Waals surface area contributed by atoms with E-state index in [0.29, 0.717) is 18.5 Å². The van der Waals surface area contributed by atoms with Crippen molar-refractivity contribution >= 4 is 22.5 Å². The molecule has 28 heavy (non-hydrogen) atoms. The number of hydrogen-bond acceptors (Lipinski definition) is 2. The van der Waals surface area contributed by atoms with Crippen LogP contribution in [0, 0.1) is 5.82 Å². The highest BCUT2D eigenvalue weighted by molar-refractivity contribution is 5.91. The molecule has 0 aliphatic carbocycles. The maximum atomic E-state index is 13.0. The predicted molar refractivity (Wildman–Crippen MR) is 109 cm³/mol. The SMILES string of the molecule is O=C(CCCc1c(-c2ccccn2)[nH]c2ccccc12)Nc1ccc(F)cc1. The molecule has 4 rings (SSSR count). The van der Waals surface area contributed by atoms with Crippen LogP contribution in [0.15, 0.2) is 72.9 Å². The number of pyridine rings is 1. The van der Waals surface area contributed by atoms with Crippen molar-refractivity contribution in [3.05, 3.63) is 84.3 Å². The molecule has 2 heterocycles. The van der Waals surface area contributed by atoms with Crippen LogP contribution in [0.4, 0.5) is 10.1 Å².